The number of benzene rings is 1. The van der Waals surface area contributed by atoms with Gasteiger partial charge in [-0.1, -0.05) is 19.8 Å². The molecule has 2 rings (SSSR count). The van der Waals surface area contributed by atoms with E-state index in [1.807, 2.05) is 6.07 Å². The minimum absolute atomic E-state index is 0.113. The first-order chi connectivity index (χ1) is 9.06. The number of nitrogens with zero attached hydrogens (tertiary/aromatic N) is 1. The van der Waals surface area contributed by atoms with Crippen LogP contribution in [0, 0.1) is 22.0 Å². The van der Waals surface area contributed by atoms with Crippen LogP contribution in [0.4, 0.5) is 11.4 Å². The molecule has 0 amide bonds. The maximum absolute atomic E-state index is 10.9. The van der Waals surface area contributed by atoms with Gasteiger partial charge in [-0.25, -0.2) is 0 Å². The van der Waals surface area contributed by atoms with Gasteiger partial charge < -0.3 is 5.32 Å². The highest BCUT2D eigenvalue weighted by atomic mass is 79.9. The van der Waals surface area contributed by atoms with Crippen LogP contribution in [0.3, 0.4) is 0 Å². The topological polar surface area (TPSA) is 55.2 Å². The van der Waals surface area contributed by atoms with E-state index in [4.69, 9.17) is 0 Å². The normalized spacial score (nSPS) is 23.1. The van der Waals surface area contributed by atoms with Gasteiger partial charge in [-0.3, -0.25) is 10.1 Å². The van der Waals surface area contributed by atoms with Crippen LogP contribution in [0.2, 0.25) is 0 Å². The van der Waals surface area contributed by atoms with Crippen molar-refractivity contribution in [1.29, 1.82) is 0 Å². The summed E-state index contributed by atoms with van der Waals surface area (Å²) in [5.41, 5.74) is 0.941. The van der Waals surface area contributed by atoms with Gasteiger partial charge in [-0.05, 0) is 52.7 Å². The van der Waals surface area contributed by atoms with Gasteiger partial charge in [0, 0.05) is 18.3 Å². The molecule has 0 atom stereocenters. The second kappa shape index (κ2) is 6.37. The highest BCUT2D eigenvalue weighted by molar-refractivity contribution is 9.10. The first kappa shape index (κ1) is 14.3. The van der Waals surface area contributed by atoms with E-state index < -0.39 is 0 Å². The highest BCUT2D eigenvalue weighted by Crippen LogP contribution is 2.30. The molecule has 0 heterocycles. The number of hydrogen-bond donors (Lipinski definition) is 1. The lowest BCUT2D eigenvalue weighted by Gasteiger charge is -2.26. The summed E-state index contributed by atoms with van der Waals surface area (Å²) < 4.78 is 0.523. The van der Waals surface area contributed by atoms with E-state index >= 15 is 0 Å². The van der Waals surface area contributed by atoms with Gasteiger partial charge in [0.15, 0.2) is 0 Å². The van der Waals surface area contributed by atoms with Gasteiger partial charge >= 0.3 is 0 Å². The smallest absolute Gasteiger partial charge is 0.285 e. The second-order valence-corrected chi connectivity index (χ2v) is 6.28. The molecule has 0 aliphatic heterocycles. The number of nitro benzene ring substituents is 1. The fourth-order valence-electron chi connectivity index (χ4n) is 2.56. The van der Waals surface area contributed by atoms with Crippen LogP contribution in [0.5, 0.6) is 0 Å². The Labute approximate surface area is 121 Å². The highest BCUT2D eigenvalue weighted by Gasteiger charge is 2.18. The Morgan fingerprint density at radius 3 is 2.68 bits per heavy atom. The van der Waals surface area contributed by atoms with Crippen molar-refractivity contribution >= 4 is 27.3 Å². The van der Waals surface area contributed by atoms with Crippen LogP contribution in [-0.2, 0) is 0 Å². The van der Waals surface area contributed by atoms with E-state index in [1.165, 1.54) is 25.7 Å². The van der Waals surface area contributed by atoms with Gasteiger partial charge in [0.2, 0.25) is 0 Å². The van der Waals surface area contributed by atoms with Crippen LogP contribution in [0.25, 0.3) is 0 Å². The first-order valence-corrected chi connectivity index (χ1v) is 7.53. The van der Waals surface area contributed by atoms with Crippen LogP contribution in [-0.4, -0.2) is 11.5 Å². The largest absolute Gasteiger partial charge is 0.385 e. The SMILES string of the molecule is CC1CCC(CNc2ccc(Br)c([N+](=O)[O-])c2)CC1. The molecule has 0 spiro atoms. The molecule has 0 aromatic heterocycles. The van der Waals surface area contributed by atoms with Gasteiger partial charge in [0.25, 0.3) is 5.69 Å². The molecule has 0 saturated heterocycles. The summed E-state index contributed by atoms with van der Waals surface area (Å²) in [6, 6.07) is 5.20. The summed E-state index contributed by atoms with van der Waals surface area (Å²) in [5, 5.41) is 14.2. The molecule has 1 aliphatic carbocycles. The van der Waals surface area contributed by atoms with Crippen LogP contribution in [0.1, 0.15) is 32.6 Å². The summed E-state index contributed by atoms with van der Waals surface area (Å²) in [6.45, 7) is 3.22. The van der Waals surface area contributed by atoms with Crippen molar-refractivity contribution in [3.05, 3.63) is 32.8 Å². The first-order valence-electron chi connectivity index (χ1n) is 6.74. The Morgan fingerprint density at radius 1 is 1.37 bits per heavy atom. The molecule has 0 radical (unpaired) electrons. The third-order valence-corrected chi connectivity index (χ3v) is 4.54. The number of rotatable bonds is 4. The molecule has 5 heteroatoms. The van der Waals surface area contributed by atoms with Gasteiger partial charge in [0.05, 0.1) is 9.40 Å². The van der Waals surface area contributed by atoms with E-state index in [-0.39, 0.29) is 10.6 Å². The number of nitro groups is 1. The third kappa shape index (κ3) is 3.93. The molecule has 0 unspecified atom stereocenters. The van der Waals surface area contributed by atoms with E-state index in [1.54, 1.807) is 12.1 Å². The molecule has 1 aromatic rings. The summed E-state index contributed by atoms with van der Waals surface area (Å²) >= 11 is 3.20. The molecule has 1 aliphatic rings. The van der Waals surface area contributed by atoms with Crippen LogP contribution in [0.15, 0.2) is 22.7 Å². The fourth-order valence-corrected chi connectivity index (χ4v) is 2.95. The number of nitrogens with one attached hydrogen (secondary N) is 1. The van der Waals surface area contributed by atoms with Crippen molar-refractivity contribution < 1.29 is 4.92 Å². The Hall–Kier alpha value is -1.10. The van der Waals surface area contributed by atoms with Gasteiger partial charge in [-0.2, -0.15) is 0 Å². The second-order valence-electron chi connectivity index (χ2n) is 5.43. The zero-order valence-electron chi connectivity index (χ0n) is 11.1. The lowest BCUT2D eigenvalue weighted by atomic mass is 9.83. The molecule has 19 heavy (non-hydrogen) atoms. The van der Waals surface area contributed by atoms with Gasteiger partial charge in [-0.15, -0.1) is 0 Å². The molecular weight excluding hydrogens is 308 g/mol. The van der Waals surface area contributed by atoms with Crippen LogP contribution < -0.4 is 5.32 Å². The average Bonchev–Trinajstić information content (AvgIpc) is 2.39. The predicted octanol–water partition coefficient (Wildman–Crippen LogP) is 4.60. The van der Waals surface area contributed by atoms with Crippen molar-refractivity contribution in [3.8, 4) is 0 Å². The minimum Gasteiger partial charge on any atom is -0.385 e. The molecule has 4 nitrogen and oxygen atoms in total. The summed E-state index contributed by atoms with van der Waals surface area (Å²) in [6.07, 6.45) is 5.11. The summed E-state index contributed by atoms with van der Waals surface area (Å²) in [5.74, 6) is 1.55. The van der Waals surface area contributed by atoms with E-state index in [0.29, 0.717) is 10.4 Å². The minimum atomic E-state index is -0.364. The van der Waals surface area contributed by atoms with Crippen molar-refractivity contribution in [2.24, 2.45) is 11.8 Å². The van der Waals surface area contributed by atoms with E-state index in [9.17, 15) is 10.1 Å². The Morgan fingerprint density at radius 2 is 2.05 bits per heavy atom. The van der Waals surface area contributed by atoms with E-state index in [0.717, 1.165) is 18.2 Å². The maximum atomic E-state index is 10.9. The predicted molar refractivity (Wildman–Crippen MR) is 80.4 cm³/mol. The maximum Gasteiger partial charge on any atom is 0.285 e. The third-order valence-electron chi connectivity index (χ3n) is 3.87. The lowest BCUT2D eigenvalue weighted by Crippen LogP contribution is -2.20. The summed E-state index contributed by atoms with van der Waals surface area (Å²) in [7, 11) is 0. The van der Waals surface area contributed by atoms with Crippen LogP contribution >= 0.6 is 15.9 Å². The Bertz CT molecular complexity index is 457. The average molecular weight is 327 g/mol. The molecule has 1 saturated carbocycles. The van der Waals surface area contributed by atoms with Crippen molar-refractivity contribution in [3.63, 3.8) is 0 Å². The Kier molecular flexibility index (Phi) is 4.80. The molecule has 1 fully saturated rings. The van der Waals surface area contributed by atoms with Crippen molar-refractivity contribution in [2.75, 3.05) is 11.9 Å². The van der Waals surface area contributed by atoms with Crippen molar-refractivity contribution in [1.82, 2.24) is 0 Å². The Balaban J connectivity index is 1.92. The fraction of sp³-hybridized carbons (Fsp3) is 0.571. The van der Waals surface area contributed by atoms with Gasteiger partial charge in [0.1, 0.15) is 0 Å². The molecule has 0 bridgehead atoms. The lowest BCUT2D eigenvalue weighted by molar-refractivity contribution is -0.385. The quantitative estimate of drug-likeness (QED) is 0.650. The molecule has 1 N–H and O–H groups in total. The zero-order valence-corrected chi connectivity index (χ0v) is 12.6. The molecular formula is C14H19BrN2O2. The van der Waals surface area contributed by atoms with E-state index in [2.05, 4.69) is 28.2 Å². The molecule has 1 aromatic carbocycles. The zero-order chi connectivity index (χ0) is 13.8. The number of anilines is 1. The summed E-state index contributed by atoms with van der Waals surface area (Å²) in [4.78, 5) is 10.5. The number of halogens is 1. The van der Waals surface area contributed by atoms with Crippen molar-refractivity contribution in [2.45, 2.75) is 32.6 Å². The monoisotopic (exact) mass is 326 g/mol. The molecule has 104 valence electrons. The standard InChI is InChI=1S/C14H19BrN2O2/c1-10-2-4-11(5-3-10)9-16-12-6-7-13(15)14(8-12)17(18)19/h6-8,10-11,16H,2-5,9H2,1H3. The number of hydrogen-bond acceptors (Lipinski definition) is 3.